The first-order chi connectivity index (χ1) is 18.4. The summed E-state index contributed by atoms with van der Waals surface area (Å²) in [4.78, 5) is 35.4. The average molecular weight is 524 g/mol. The second kappa shape index (κ2) is 11.2. The monoisotopic (exact) mass is 523 g/mol. The number of carbonyl (C=O) groups excluding carboxylic acids is 2. The Bertz CT molecular complexity index is 1300. The second-order valence-electron chi connectivity index (χ2n) is 9.87. The van der Waals surface area contributed by atoms with Gasteiger partial charge < -0.3 is 26.2 Å². The first-order valence-corrected chi connectivity index (χ1v) is 13.3. The van der Waals surface area contributed by atoms with Crippen molar-refractivity contribution in [3.05, 3.63) is 42.2 Å². The topological polar surface area (TPSA) is 129 Å². The van der Waals surface area contributed by atoms with E-state index in [0.29, 0.717) is 30.6 Å². The van der Waals surface area contributed by atoms with Crippen molar-refractivity contribution >= 4 is 34.8 Å². The summed E-state index contributed by atoms with van der Waals surface area (Å²) in [5, 5.41) is 17.4. The van der Waals surface area contributed by atoms with Gasteiger partial charge in [-0.05, 0) is 58.4 Å². The van der Waals surface area contributed by atoms with E-state index in [1.165, 1.54) is 23.0 Å². The van der Waals surface area contributed by atoms with Gasteiger partial charge in [0.1, 0.15) is 5.82 Å². The van der Waals surface area contributed by atoms with Gasteiger partial charge in [-0.25, -0.2) is 18.7 Å². The smallest absolute Gasteiger partial charge is 0.317 e. The Morgan fingerprint density at radius 1 is 1.00 bits per heavy atom. The number of fused-ring (bicyclic) bond motifs is 1. The molecule has 2 aliphatic carbocycles. The van der Waals surface area contributed by atoms with Crippen LogP contribution in [-0.2, 0) is 0 Å². The Morgan fingerprint density at radius 3 is 2.37 bits per heavy atom. The third-order valence-corrected chi connectivity index (χ3v) is 7.12. The molecule has 0 atom stereocenters. The molecule has 3 amide bonds. The number of urea groups is 1. The van der Waals surface area contributed by atoms with Crippen LogP contribution in [0.1, 0.15) is 62.9 Å². The van der Waals surface area contributed by atoms with Crippen LogP contribution in [0.15, 0.2) is 30.7 Å². The molecule has 0 aromatic carbocycles. The molecular weight excluding hydrogens is 489 g/mol. The quantitative estimate of drug-likeness (QED) is 0.335. The third kappa shape index (κ3) is 5.79. The van der Waals surface area contributed by atoms with E-state index >= 15 is 0 Å². The van der Waals surface area contributed by atoms with Crippen LogP contribution in [0.3, 0.4) is 0 Å². The number of aromatic nitrogens is 4. The number of nitrogens with zero attached hydrogens (tertiary/aromatic N) is 5. The minimum absolute atomic E-state index is 0.00752. The summed E-state index contributed by atoms with van der Waals surface area (Å²) >= 11 is 0. The van der Waals surface area contributed by atoms with Crippen molar-refractivity contribution in [3.63, 3.8) is 0 Å². The number of halogens is 1. The normalized spacial score (nSPS) is 19.1. The van der Waals surface area contributed by atoms with Crippen molar-refractivity contribution < 1.29 is 14.0 Å². The summed E-state index contributed by atoms with van der Waals surface area (Å²) in [6.07, 6.45) is 9.57. The van der Waals surface area contributed by atoms with Gasteiger partial charge in [-0.15, -0.1) is 5.10 Å². The molecule has 2 fully saturated rings. The number of rotatable bonds is 9. The number of pyridine rings is 1. The standard InChI is InChI=1S/C26H34FN9O2/c1-3-35(4-2)26(38)32-18-9-7-17(8-10-18)31-23-13-21(30-16-5-6-16)24-29-15-22(36(24)34-23)25(37)33-20-11-12-28-14-19(20)27/h11-18,30H,3-10H2,1-2H3,(H,31,34)(H,32,38)(H,28,33,37). The lowest BCUT2D eigenvalue weighted by atomic mass is 9.91. The number of amides is 3. The maximum atomic E-state index is 14.1. The summed E-state index contributed by atoms with van der Waals surface area (Å²) in [6.45, 7) is 5.34. The number of carbonyl (C=O) groups is 2. The van der Waals surface area contributed by atoms with Gasteiger partial charge in [0.05, 0.1) is 23.8 Å². The van der Waals surface area contributed by atoms with Crippen molar-refractivity contribution in [1.29, 1.82) is 0 Å². The van der Waals surface area contributed by atoms with Crippen LogP contribution in [0.5, 0.6) is 0 Å². The lowest BCUT2D eigenvalue weighted by molar-refractivity contribution is 0.102. The maximum absolute atomic E-state index is 14.1. The Hall–Kier alpha value is -3.96. The van der Waals surface area contributed by atoms with E-state index in [9.17, 15) is 14.0 Å². The molecule has 4 N–H and O–H groups in total. The van der Waals surface area contributed by atoms with Crippen LogP contribution < -0.4 is 21.3 Å². The SMILES string of the molecule is CCN(CC)C(=O)NC1CCC(Nc2cc(NC3CC3)c3ncc(C(=O)Nc4ccncc4F)n3n2)CC1. The molecule has 5 rings (SSSR count). The molecule has 202 valence electrons. The maximum Gasteiger partial charge on any atom is 0.317 e. The van der Waals surface area contributed by atoms with E-state index in [4.69, 9.17) is 0 Å². The lowest BCUT2D eigenvalue weighted by Crippen LogP contribution is -2.46. The largest absolute Gasteiger partial charge is 0.379 e. The van der Waals surface area contributed by atoms with Gasteiger partial charge in [-0.1, -0.05) is 0 Å². The predicted molar refractivity (Wildman–Crippen MR) is 143 cm³/mol. The van der Waals surface area contributed by atoms with Gasteiger partial charge in [0.25, 0.3) is 5.91 Å². The van der Waals surface area contributed by atoms with Crippen LogP contribution in [-0.4, -0.2) is 67.6 Å². The summed E-state index contributed by atoms with van der Waals surface area (Å²) in [5.74, 6) is -0.516. The predicted octanol–water partition coefficient (Wildman–Crippen LogP) is 3.86. The van der Waals surface area contributed by atoms with E-state index < -0.39 is 11.7 Å². The fraction of sp³-hybridized carbons (Fsp3) is 0.500. The molecule has 0 radical (unpaired) electrons. The lowest BCUT2D eigenvalue weighted by Gasteiger charge is -2.31. The van der Waals surface area contributed by atoms with Gasteiger partial charge in [-0.3, -0.25) is 9.78 Å². The third-order valence-electron chi connectivity index (χ3n) is 7.12. The molecule has 38 heavy (non-hydrogen) atoms. The molecule has 12 heteroatoms. The highest BCUT2D eigenvalue weighted by Crippen LogP contribution is 2.30. The summed E-state index contributed by atoms with van der Waals surface area (Å²) in [5.41, 5.74) is 1.56. The Morgan fingerprint density at radius 2 is 1.68 bits per heavy atom. The fourth-order valence-electron chi connectivity index (χ4n) is 4.78. The van der Waals surface area contributed by atoms with E-state index in [1.807, 2.05) is 19.9 Å². The fourth-order valence-corrected chi connectivity index (χ4v) is 4.78. The van der Waals surface area contributed by atoms with Crippen LogP contribution in [0.25, 0.3) is 5.65 Å². The van der Waals surface area contributed by atoms with E-state index in [0.717, 1.165) is 50.4 Å². The van der Waals surface area contributed by atoms with Crippen molar-refractivity contribution in [2.75, 3.05) is 29.0 Å². The molecule has 0 saturated heterocycles. The van der Waals surface area contributed by atoms with Gasteiger partial charge in [-0.2, -0.15) is 0 Å². The van der Waals surface area contributed by atoms with Gasteiger partial charge in [0, 0.05) is 43.5 Å². The van der Waals surface area contributed by atoms with Crippen LogP contribution in [0, 0.1) is 5.82 Å². The van der Waals surface area contributed by atoms with Crippen molar-refractivity contribution in [3.8, 4) is 0 Å². The van der Waals surface area contributed by atoms with Gasteiger partial charge >= 0.3 is 6.03 Å². The number of hydrogen-bond acceptors (Lipinski definition) is 7. The first-order valence-electron chi connectivity index (χ1n) is 13.3. The molecule has 0 bridgehead atoms. The molecule has 2 aliphatic rings. The molecule has 11 nitrogen and oxygen atoms in total. The molecular formula is C26H34FN9O2. The molecule has 3 aromatic heterocycles. The first kappa shape index (κ1) is 25.7. The Balaban J connectivity index is 1.30. The van der Waals surface area contributed by atoms with Gasteiger partial charge in [0.2, 0.25) is 0 Å². The van der Waals surface area contributed by atoms with Crippen LogP contribution in [0.2, 0.25) is 0 Å². The Labute approximate surface area is 220 Å². The zero-order valence-corrected chi connectivity index (χ0v) is 21.7. The second-order valence-corrected chi connectivity index (χ2v) is 9.87. The average Bonchev–Trinajstić information content (AvgIpc) is 3.62. The number of nitrogens with one attached hydrogen (secondary N) is 4. The minimum Gasteiger partial charge on any atom is -0.379 e. The molecule has 3 heterocycles. The van der Waals surface area contributed by atoms with Crippen molar-refractivity contribution in [2.24, 2.45) is 0 Å². The van der Waals surface area contributed by atoms with Crippen molar-refractivity contribution in [1.82, 2.24) is 29.8 Å². The summed E-state index contributed by atoms with van der Waals surface area (Å²) in [7, 11) is 0. The number of anilines is 3. The summed E-state index contributed by atoms with van der Waals surface area (Å²) in [6, 6.07) is 4.03. The van der Waals surface area contributed by atoms with Crippen molar-refractivity contribution in [2.45, 2.75) is 70.5 Å². The van der Waals surface area contributed by atoms with Crippen LogP contribution >= 0.6 is 0 Å². The summed E-state index contributed by atoms with van der Waals surface area (Å²) < 4.78 is 15.6. The molecule has 3 aromatic rings. The molecule has 0 unspecified atom stereocenters. The number of imidazole rings is 1. The highest BCUT2D eigenvalue weighted by Gasteiger charge is 2.27. The molecule has 0 spiro atoms. The minimum atomic E-state index is -0.620. The Kier molecular flexibility index (Phi) is 7.57. The van der Waals surface area contributed by atoms with Gasteiger partial charge in [0.15, 0.2) is 17.2 Å². The van der Waals surface area contributed by atoms with E-state index in [1.54, 1.807) is 4.90 Å². The highest BCUT2D eigenvalue weighted by atomic mass is 19.1. The highest BCUT2D eigenvalue weighted by molar-refractivity contribution is 6.03. The van der Waals surface area contributed by atoms with Crippen LogP contribution in [0.4, 0.5) is 26.4 Å². The zero-order chi connectivity index (χ0) is 26.6. The molecule has 2 saturated carbocycles. The number of hydrogen-bond donors (Lipinski definition) is 4. The molecule has 0 aliphatic heterocycles. The zero-order valence-electron chi connectivity index (χ0n) is 21.7. The van der Waals surface area contributed by atoms with E-state index in [-0.39, 0.29) is 29.5 Å². The van der Waals surface area contributed by atoms with E-state index in [2.05, 4.69) is 36.3 Å².